The first-order chi connectivity index (χ1) is 8.03. The molecule has 4 unspecified atom stereocenters. The normalized spacial score (nSPS) is 48.0. The number of hydrogen-bond acceptors (Lipinski definition) is 1. The molecule has 0 aromatic rings. The molecule has 0 aromatic carbocycles. The van der Waals surface area contributed by atoms with Crippen LogP contribution in [0, 0.1) is 23.7 Å². The van der Waals surface area contributed by atoms with Crippen molar-refractivity contribution in [3.63, 3.8) is 0 Å². The maximum absolute atomic E-state index is 11.0. The van der Waals surface area contributed by atoms with Gasteiger partial charge in [0.2, 0.25) is 0 Å². The molecule has 0 bridgehead atoms. The molecule has 0 aromatic heterocycles. The molecular weight excluding hydrogens is 208 g/mol. The number of hydrogen-bond donors (Lipinski definition) is 1. The molecule has 100 valence electrons. The third kappa shape index (κ3) is 3.05. The van der Waals surface area contributed by atoms with Crippen LogP contribution in [0.4, 0.5) is 0 Å². The van der Waals surface area contributed by atoms with Gasteiger partial charge in [0, 0.05) is 0 Å². The highest BCUT2D eigenvalue weighted by Crippen LogP contribution is 2.46. The topological polar surface area (TPSA) is 20.2 Å². The highest BCUT2D eigenvalue weighted by molar-refractivity contribution is 4.94. The van der Waals surface area contributed by atoms with Crippen LogP contribution in [0.3, 0.4) is 0 Å². The van der Waals surface area contributed by atoms with Crippen molar-refractivity contribution in [1.29, 1.82) is 0 Å². The van der Waals surface area contributed by atoms with E-state index in [0.29, 0.717) is 5.92 Å². The summed E-state index contributed by atoms with van der Waals surface area (Å²) >= 11 is 0. The predicted molar refractivity (Wildman–Crippen MR) is 72.9 cm³/mol. The van der Waals surface area contributed by atoms with Crippen molar-refractivity contribution in [3.05, 3.63) is 0 Å². The maximum Gasteiger partial charge on any atom is 0.0678 e. The van der Waals surface area contributed by atoms with E-state index in [1.54, 1.807) is 0 Å². The number of aliphatic hydroxyl groups is 1. The minimum atomic E-state index is -0.318. The fourth-order valence-electron chi connectivity index (χ4n) is 4.51. The van der Waals surface area contributed by atoms with Gasteiger partial charge < -0.3 is 5.11 Å². The zero-order chi connectivity index (χ0) is 12.5. The van der Waals surface area contributed by atoms with Crippen LogP contribution in [0.15, 0.2) is 0 Å². The Balaban J connectivity index is 2.03. The molecular formula is C16H30O. The van der Waals surface area contributed by atoms with Gasteiger partial charge in [-0.1, -0.05) is 40.0 Å². The molecule has 2 aliphatic carbocycles. The smallest absolute Gasteiger partial charge is 0.0678 e. The van der Waals surface area contributed by atoms with E-state index in [1.165, 1.54) is 38.5 Å². The van der Waals surface area contributed by atoms with E-state index < -0.39 is 0 Å². The Labute approximate surface area is 107 Å². The average Bonchev–Trinajstić information content (AvgIpc) is 2.28. The minimum absolute atomic E-state index is 0.318. The molecule has 0 heterocycles. The van der Waals surface area contributed by atoms with Crippen molar-refractivity contribution in [2.45, 2.75) is 77.7 Å². The van der Waals surface area contributed by atoms with E-state index in [4.69, 9.17) is 0 Å². The molecule has 0 saturated heterocycles. The minimum Gasteiger partial charge on any atom is -0.390 e. The fourth-order valence-corrected chi connectivity index (χ4v) is 4.51. The van der Waals surface area contributed by atoms with E-state index in [0.717, 1.165) is 30.6 Å². The van der Waals surface area contributed by atoms with Crippen LogP contribution < -0.4 is 0 Å². The summed E-state index contributed by atoms with van der Waals surface area (Å²) in [4.78, 5) is 0. The Bertz CT molecular complexity index is 240. The Morgan fingerprint density at radius 3 is 2.35 bits per heavy atom. The predicted octanol–water partition coefficient (Wildman–Crippen LogP) is 4.39. The molecule has 0 amide bonds. The van der Waals surface area contributed by atoms with Gasteiger partial charge in [0.15, 0.2) is 0 Å². The van der Waals surface area contributed by atoms with E-state index in [1.807, 2.05) is 0 Å². The Morgan fingerprint density at radius 1 is 1.12 bits per heavy atom. The second-order valence-corrected chi connectivity index (χ2v) is 7.09. The van der Waals surface area contributed by atoms with E-state index in [2.05, 4.69) is 20.8 Å². The summed E-state index contributed by atoms with van der Waals surface area (Å²) in [5.74, 6) is 2.99. The lowest BCUT2D eigenvalue weighted by Crippen LogP contribution is -2.45. The van der Waals surface area contributed by atoms with Crippen LogP contribution in [0.2, 0.25) is 0 Å². The molecule has 2 fully saturated rings. The van der Waals surface area contributed by atoms with Crippen LogP contribution in [0.5, 0.6) is 0 Å². The largest absolute Gasteiger partial charge is 0.390 e. The molecule has 2 rings (SSSR count). The lowest BCUT2D eigenvalue weighted by Gasteiger charge is -2.46. The second kappa shape index (κ2) is 5.30. The summed E-state index contributed by atoms with van der Waals surface area (Å²) in [6.45, 7) is 7.01. The van der Waals surface area contributed by atoms with Gasteiger partial charge in [-0.05, 0) is 55.8 Å². The van der Waals surface area contributed by atoms with Gasteiger partial charge in [-0.15, -0.1) is 0 Å². The Hall–Kier alpha value is -0.0400. The monoisotopic (exact) mass is 238 g/mol. The summed E-state index contributed by atoms with van der Waals surface area (Å²) in [7, 11) is 0. The summed E-state index contributed by atoms with van der Waals surface area (Å²) in [5.41, 5.74) is -0.318. The lowest BCUT2D eigenvalue weighted by molar-refractivity contribution is -0.0877. The molecule has 1 heteroatoms. The van der Waals surface area contributed by atoms with Crippen molar-refractivity contribution in [2.75, 3.05) is 0 Å². The van der Waals surface area contributed by atoms with Crippen molar-refractivity contribution < 1.29 is 5.11 Å². The van der Waals surface area contributed by atoms with E-state index >= 15 is 0 Å². The molecule has 2 aliphatic rings. The standard InChI is InChI=1S/C16H30O/c1-4-14-6-5-7-16(17,11-14)15-9-12(2)8-13(3)10-15/h12-15,17H,4-11H2,1-3H3. The Kier molecular flexibility index (Phi) is 4.18. The van der Waals surface area contributed by atoms with Crippen LogP contribution in [0.25, 0.3) is 0 Å². The van der Waals surface area contributed by atoms with Crippen molar-refractivity contribution in [3.8, 4) is 0 Å². The number of rotatable bonds is 2. The van der Waals surface area contributed by atoms with Gasteiger partial charge >= 0.3 is 0 Å². The summed E-state index contributed by atoms with van der Waals surface area (Å²) < 4.78 is 0. The first-order valence-corrected chi connectivity index (χ1v) is 7.76. The SMILES string of the molecule is CCC1CCCC(O)(C2CC(C)CC(C)C2)C1. The third-order valence-corrected chi connectivity index (χ3v) is 5.38. The van der Waals surface area contributed by atoms with Gasteiger partial charge in [-0.2, -0.15) is 0 Å². The summed E-state index contributed by atoms with van der Waals surface area (Å²) in [5, 5.41) is 11.0. The van der Waals surface area contributed by atoms with Crippen LogP contribution in [-0.4, -0.2) is 10.7 Å². The van der Waals surface area contributed by atoms with Crippen LogP contribution >= 0.6 is 0 Å². The highest BCUT2D eigenvalue weighted by Gasteiger charge is 2.43. The first kappa shape index (κ1) is 13.4. The molecule has 1 nitrogen and oxygen atoms in total. The van der Waals surface area contributed by atoms with E-state index in [9.17, 15) is 5.11 Å². The maximum atomic E-state index is 11.0. The van der Waals surface area contributed by atoms with E-state index in [-0.39, 0.29) is 5.60 Å². The molecule has 17 heavy (non-hydrogen) atoms. The zero-order valence-electron chi connectivity index (χ0n) is 11.9. The summed E-state index contributed by atoms with van der Waals surface area (Å²) in [6.07, 6.45) is 9.87. The van der Waals surface area contributed by atoms with Gasteiger partial charge in [0.25, 0.3) is 0 Å². The molecule has 2 saturated carbocycles. The van der Waals surface area contributed by atoms with Crippen molar-refractivity contribution in [1.82, 2.24) is 0 Å². The van der Waals surface area contributed by atoms with Gasteiger partial charge in [-0.25, -0.2) is 0 Å². The Morgan fingerprint density at radius 2 is 1.76 bits per heavy atom. The molecule has 0 aliphatic heterocycles. The fraction of sp³-hybridized carbons (Fsp3) is 1.00. The highest BCUT2D eigenvalue weighted by atomic mass is 16.3. The molecule has 1 N–H and O–H groups in total. The quantitative estimate of drug-likeness (QED) is 0.756. The van der Waals surface area contributed by atoms with Crippen molar-refractivity contribution >= 4 is 0 Å². The summed E-state index contributed by atoms with van der Waals surface area (Å²) in [6, 6.07) is 0. The molecule has 0 radical (unpaired) electrons. The average molecular weight is 238 g/mol. The van der Waals surface area contributed by atoms with Gasteiger partial charge in [0.1, 0.15) is 0 Å². The van der Waals surface area contributed by atoms with Gasteiger partial charge in [0.05, 0.1) is 5.60 Å². The van der Waals surface area contributed by atoms with Crippen LogP contribution in [0.1, 0.15) is 72.1 Å². The zero-order valence-corrected chi connectivity index (χ0v) is 11.9. The third-order valence-electron chi connectivity index (χ3n) is 5.38. The first-order valence-electron chi connectivity index (χ1n) is 7.76. The van der Waals surface area contributed by atoms with Gasteiger partial charge in [-0.3, -0.25) is 0 Å². The van der Waals surface area contributed by atoms with Crippen LogP contribution in [-0.2, 0) is 0 Å². The molecule has 0 spiro atoms. The lowest BCUT2D eigenvalue weighted by atomic mass is 9.63. The van der Waals surface area contributed by atoms with Crippen molar-refractivity contribution in [2.24, 2.45) is 23.7 Å². The molecule has 4 atom stereocenters. The second-order valence-electron chi connectivity index (χ2n) is 7.09.